The number of aryl methyl sites for hydroxylation is 1. The van der Waals surface area contributed by atoms with Crippen LogP contribution >= 0.6 is 0 Å². The lowest BCUT2D eigenvalue weighted by Gasteiger charge is -2.10. The Morgan fingerprint density at radius 1 is 1.69 bits per heavy atom. The molecule has 1 aliphatic rings. The third-order valence-electron chi connectivity index (χ3n) is 2.70. The number of nitrogens with two attached hydrogens (primary N) is 1. The van der Waals surface area contributed by atoms with Gasteiger partial charge in [0, 0.05) is 31.9 Å². The number of hydrogen-bond acceptors (Lipinski definition) is 2. The Bertz CT molecular complexity index is 275. The summed E-state index contributed by atoms with van der Waals surface area (Å²) in [6.45, 7) is 0. The summed E-state index contributed by atoms with van der Waals surface area (Å²) in [6, 6.07) is 0.300. The Morgan fingerprint density at radius 2 is 2.46 bits per heavy atom. The van der Waals surface area contributed by atoms with Crippen molar-refractivity contribution in [3.8, 4) is 0 Å². The van der Waals surface area contributed by atoms with Gasteiger partial charge in [0.1, 0.15) is 5.82 Å². The van der Waals surface area contributed by atoms with Gasteiger partial charge in [-0.3, -0.25) is 0 Å². The molecule has 1 aromatic heterocycles. The molecule has 1 fully saturated rings. The number of hydrogen-bond donors (Lipinski definition) is 1. The molecular weight excluding hydrogens is 162 g/mol. The highest BCUT2D eigenvalue weighted by Gasteiger charge is 2.24. The molecule has 0 amide bonds. The Hall–Kier alpha value is -0.830. The second kappa shape index (κ2) is 3.50. The lowest BCUT2D eigenvalue weighted by molar-refractivity contribution is 0.546. The average Bonchev–Trinajstić information content (AvgIpc) is 2.79. The van der Waals surface area contributed by atoms with Crippen LogP contribution in [0.25, 0.3) is 0 Å². The van der Waals surface area contributed by atoms with Gasteiger partial charge in [-0.1, -0.05) is 12.8 Å². The largest absolute Gasteiger partial charge is 0.338 e. The van der Waals surface area contributed by atoms with Crippen molar-refractivity contribution in [3.05, 3.63) is 18.2 Å². The van der Waals surface area contributed by atoms with E-state index in [9.17, 15) is 0 Å². The molecule has 0 radical (unpaired) electrons. The fourth-order valence-electron chi connectivity index (χ4n) is 1.69. The summed E-state index contributed by atoms with van der Waals surface area (Å²) in [7, 11) is 2.02. The maximum absolute atomic E-state index is 6.02. The molecule has 3 nitrogen and oxygen atoms in total. The van der Waals surface area contributed by atoms with Gasteiger partial charge in [0.05, 0.1) is 0 Å². The first-order valence-corrected chi connectivity index (χ1v) is 4.97. The summed E-state index contributed by atoms with van der Waals surface area (Å²) in [4.78, 5) is 4.27. The number of nitrogens with zero attached hydrogens (tertiary/aromatic N) is 2. The van der Waals surface area contributed by atoms with Crippen LogP contribution in [0.15, 0.2) is 12.4 Å². The first-order valence-electron chi connectivity index (χ1n) is 4.97. The van der Waals surface area contributed by atoms with E-state index in [2.05, 4.69) is 4.98 Å². The first kappa shape index (κ1) is 8.75. The lowest BCUT2D eigenvalue weighted by Crippen LogP contribution is -2.24. The Balaban J connectivity index is 1.85. The molecule has 0 saturated heterocycles. The van der Waals surface area contributed by atoms with Crippen LogP contribution in [-0.4, -0.2) is 15.6 Å². The van der Waals surface area contributed by atoms with Crippen LogP contribution in [0.4, 0.5) is 0 Å². The zero-order valence-corrected chi connectivity index (χ0v) is 8.11. The van der Waals surface area contributed by atoms with Crippen molar-refractivity contribution in [3.63, 3.8) is 0 Å². The second-order valence-electron chi connectivity index (χ2n) is 4.10. The number of rotatable bonds is 4. The quantitative estimate of drug-likeness (QED) is 0.752. The highest BCUT2D eigenvalue weighted by molar-refractivity contribution is 4.95. The maximum atomic E-state index is 6.02. The first-order chi connectivity index (χ1) is 6.25. The molecule has 1 unspecified atom stereocenters. The molecule has 1 saturated carbocycles. The SMILES string of the molecule is Cn1ccnc1CC(N)CC1CC1. The molecule has 1 heterocycles. The van der Waals surface area contributed by atoms with Gasteiger partial charge in [0.2, 0.25) is 0 Å². The average molecular weight is 179 g/mol. The van der Waals surface area contributed by atoms with Crippen LogP contribution in [0.3, 0.4) is 0 Å². The van der Waals surface area contributed by atoms with Gasteiger partial charge in [0.15, 0.2) is 0 Å². The van der Waals surface area contributed by atoms with Crippen molar-refractivity contribution in [2.24, 2.45) is 18.7 Å². The second-order valence-corrected chi connectivity index (χ2v) is 4.10. The van der Waals surface area contributed by atoms with Crippen LogP contribution in [0.2, 0.25) is 0 Å². The molecule has 1 aromatic rings. The monoisotopic (exact) mass is 179 g/mol. The van der Waals surface area contributed by atoms with Crippen molar-refractivity contribution in [2.45, 2.75) is 31.7 Å². The third kappa shape index (κ3) is 2.31. The third-order valence-corrected chi connectivity index (χ3v) is 2.70. The zero-order chi connectivity index (χ0) is 9.26. The minimum Gasteiger partial charge on any atom is -0.338 e. The Labute approximate surface area is 79.0 Å². The van der Waals surface area contributed by atoms with Crippen LogP contribution in [-0.2, 0) is 13.5 Å². The molecule has 2 rings (SSSR count). The molecular formula is C10H17N3. The predicted octanol–water partition coefficient (Wildman–Crippen LogP) is 1.09. The molecule has 0 aliphatic heterocycles. The van der Waals surface area contributed by atoms with E-state index in [1.165, 1.54) is 19.3 Å². The molecule has 72 valence electrons. The van der Waals surface area contributed by atoms with Gasteiger partial charge in [0.25, 0.3) is 0 Å². The van der Waals surface area contributed by atoms with Gasteiger partial charge in [-0.2, -0.15) is 0 Å². The van der Waals surface area contributed by atoms with Crippen molar-refractivity contribution in [1.29, 1.82) is 0 Å². The minimum absolute atomic E-state index is 0.300. The van der Waals surface area contributed by atoms with Crippen molar-refractivity contribution in [2.75, 3.05) is 0 Å². The molecule has 0 bridgehead atoms. The van der Waals surface area contributed by atoms with E-state index in [4.69, 9.17) is 5.73 Å². The molecule has 0 aromatic carbocycles. The standard InChI is InChI=1S/C10H17N3/c1-13-5-4-12-10(13)7-9(11)6-8-2-3-8/h4-5,8-9H,2-3,6-7,11H2,1H3. The van der Waals surface area contributed by atoms with E-state index in [0.29, 0.717) is 6.04 Å². The summed E-state index contributed by atoms with van der Waals surface area (Å²) < 4.78 is 2.05. The summed E-state index contributed by atoms with van der Waals surface area (Å²) >= 11 is 0. The van der Waals surface area contributed by atoms with E-state index >= 15 is 0 Å². The van der Waals surface area contributed by atoms with Gasteiger partial charge in [-0.15, -0.1) is 0 Å². The fourth-order valence-corrected chi connectivity index (χ4v) is 1.69. The van der Waals surface area contributed by atoms with Crippen LogP contribution < -0.4 is 5.73 Å². The van der Waals surface area contributed by atoms with Crippen LogP contribution in [0.1, 0.15) is 25.1 Å². The molecule has 0 spiro atoms. The molecule has 13 heavy (non-hydrogen) atoms. The Kier molecular flexibility index (Phi) is 2.36. The Morgan fingerprint density at radius 3 is 3.00 bits per heavy atom. The van der Waals surface area contributed by atoms with Crippen molar-refractivity contribution < 1.29 is 0 Å². The number of imidazole rings is 1. The van der Waals surface area contributed by atoms with E-state index in [1.54, 1.807) is 0 Å². The normalized spacial score (nSPS) is 18.9. The number of aromatic nitrogens is 2. The van der Waals surface area contributed by atoms with E-state index in [-0.39, 0.29) is 0 Å². The van der Waals surface area contributed by atoms with Crippen LogP contribution in [0.5, 0.6) is 0 Å². The molecule has 1 atom stereocenters. The van der Waals surface area contributed by atoms with Gasteiger partial charge in [-0.05, 0) is 12.3 Å². The molecule has 3 heteroatoms. The van der Waals surface area contributed by atoms with E-state index in [1.807, 2.05) is 24.0 Å². The summed E-state index contributed by atoms with van der Waals surface area (Å²) in [5, 5.41) is 0. The lowest BCUT2D eigenvalue weighted by atomic mass is 10.1. The summed E-state index contributed by atoms with van der Waals surface area (Å²) in [5.74, 6) is 2.02. The van der Waals surface area contributed by atoms with Crippen molar-refractivity contribution in [1.82, 2.24) is 9.55 Å². The molecule has 1 aliphatic carbocycles. The zero-order valence-electron chi connectivity index (χ0n) is 8.11. The maximum Gasteiger partial charge on any atom is 0.109 e. The van der Waals surface area contributed by atoms with Crippen molar-refractivity contribution >= 4 is 0 Å². The van der Waals surface area contributed by atoms with Gasteiger partial charge in [-0.25, -0.2) is 4.98 Å². The minimum atomic E-state index is 0.300. The summed E-state index contributed by atoms with van der Waals surface area (Å²) in [5.41, 5.74) is 6.02. The predicted molar refractivity (Wildman–Crippen MR) is 52.2 cm³/mol. The molecule has 2 N–H and O–H groups in total. The highest BCUT2D eigenvalue weighted by atomic mass is 15.0. The van der Waals surface area contributed by atoms with Crippen LogP contribution in [0, 0.1) is 5.92 Å². The van der Waals surface area contributed by atoms with Gasteiger partial charge < -0.3 is 10.3 Å². The van der Waals surface area contributed by atoms with E-state index < -0.39 is 0 Å². The van der Waals surface area contributed by atoms with Gasteiger partial charge >= 0.3 is 0 Å². The smallest absolute Gasteiger partial charge is 0.109 e. The summed E-state index contributed by atoms with van der Waals surface area (Å²) in [6.07, 6.45) is 8.66. The topological polar surface area (TPSA) is 43.8 Å². The highest BCUT2D eigenvalue weighted by Crippen LogP contribution is 2.33. The fraction of sp³-hybridized carbons (Fsp3) is 0.700. The van der Waals surface area contributed by atoms with E-state index in [0.717, 1.165) is 18.2 Å².